The lowest BCUT2D eigenvalue weighted by molar-refractivity contribution is 1.24. The van der Waals surface area contributed by atoms with Gasteiger partial charge in [0, 0.05) is 24.2 Å². The summed E-state index contributed by atoms with van der Waals surface area (Å²) in [5.41, 5.74) is 0.461. The molecule has 2 nitrogen and oxygen atoms in total. The molecule has 0 fully saturated rings. The van der Waals surface area contributed by atoms with Crippen LogP contribution in [0.3, 0.4) is 0 Å². The number of nitrogens with zero attached hydrogens (tertiary/aromatic N) is 2. The first-order chi connectivity index (χ1) is 4.39. The fourth-order valence-corrected chi connectivity index (χ4v) is 0.311. The van der Waals surface area contributed by atoms with Crippen molar-refractivity contribution in [2.45, 2.75) is 0 Å². The maximum absolute atomic E-state index is 5.18. The molecular formula is C5H6BBrN2. The van der Waals surface area contributed by atoms with E-state index in [0.29, 0.717) is 5.59 Å². The highest BCUT2D eigenvalue weighted by Crippen LogP contribution is 1.62. The molecule has 0 atom stereocenters. The van der Waals surface area contributed by atoms with E-state index in [-0.39, 0.29) is 0 Å². The molecule has 0 saturated carbocycles. The topological polar surface area (TPSA) is 25.8 Å². The summed E-state index contributed by atoms with van der Waals surface area (Å²) in [6.45, 7) is 0. The van der Waals surface area contributed by atoms with E-state index >= 15 is 0 Å². The maximum Gasteiger partial charge on any atom is 0.143 e. The van der Waals surface area contributed by atoms with Gasteiger partial charge in [-0.25, -0.2) is 0 Å². The molecule has 0 bridgehead atoms. The van der Waals surface area contributed by atoms with Crippen LogP contribution in [0.15, 0.2) is 18.6 Å². The Bertz CT molecular complexity index is 145. The minimum absolute atomic E-state index is 0.461. The molecule has 0 aliphatic heterocycles. The molecule has 0 spiro atoms. The van der Waals surface area contributed by atoms with E-state index in [1.165, 1.54) is 6.20 Å². The van der Waals surface area contributed by atoms with Crippen molar-refractivity contribution in [2.24, 2.45) is 0 Å². The molecule has 2 radical (unpaired) electrons. The Morgan fingerprint density at radius 3 is 2.33 bits per heavy atom. The van der Waals surface area contributed by atoms with E-state index in [1.54, 1.807) is 12.4 Å². The molecule has 0 unspecified atom stereocenters. The van der Waals surface area contributed by atoms with Crippen LogP contribution in [0.25, 0.3) is 0 Å². The highest BCUT2D eigenvalue weighted by molar-refractivity contribution is 9.08. The van der Waals surface area contributed by atoms with Crippen molar-refractivity contribution in [1.29, 1.82) is 0 Å². The van der Waals surface area contributed by atoms with E-state index in [1.807, 2.05) is 5.83 Å². The van der Waals surface area contributed by atoms with Gasteiger partial charge in [-0.1, -0.05) is 15.9 Å². The van der Waals surface area contributed by atoms with E-state index in [2.05, 4.69) is 25.9 Å². The summed E-state index contributed by atoms with van der Waals surface area (Å²) >= 11 is 2.94. The lowest BCUT2D eigenvalue weighted by atomic mass is 10.1. The smallest absolute Gasteiger partial charge is 0.143 e. The first kappa shape index (κ1) is 8.62. The van der Waals surface area contributed by atoms with Gasteiger partial charge in [-0.2, -0.15) is 0 Å². The normalized spacial score (nSPS) is 7.33. The predicted octanol–water partition coefficient (Wildman–Crippen LogP) is 0.281. The van der Waals surface area contributed by atoms with E-state index < -0.39 is 0 Å². The molecule has 1 aromatic rings. The van der Waals surface area contributed by atoms with Crippen LogP contribution in [0, 0.1) is 0 Å². The second-order valence-electron chi connectivity index (χ2n) is 1.13. The monoisotopic (exact) mass is 184 g/mol. The highest BCUT2D eigenvalue weighted by Gasteiger charge is 1.74. The van der Waals surface area contributed by atoms with Crippen LogP contribution >= 0.6 is 15.9 Å². The van der Waals surface area contributed by atoms with Gasteiger partial charge < -0.3 is 0 Å². The zero-order valence-corrected chi connectivity index (χ0v) is 6.67. The minimum Gasteiger partial charge on any atom is -0.270 e. The van der Waals surface area contributed by atoms with Crippen LogP contribution in [0.5, 0.6) is 0 Å². The first-order valence-corrected chi connectivity index (χ1v) is 3.87. The Labute approximate surface area is 64.3 Å². The summed E-state index contributed by atoms with van der Waals surface area (Å²) in [6, 6.07) is 0. The standard InChI is InChI=1S/C4H3BN2.CH3Br/c5-4-3-6-1-2-7-4;1-2/h1-3H;1H3. The van der Waals surface area contributed by atoms with Crippen LogP contribution in [0.4, 0.5) is 0 Å². The number of aromatic nitrogens is 2. The predicted molar refractivity (Wildman–Crippen MR) is 42.3 cm³/mol. The van der Waals surface area contributed by atoms with Gasteiger partial charge in [0.25, 0.3) is 0 Å². The molecule has 9 heavy (non-hydrogen) atoms. The van der Waals surface area contributed by atoms with Crippen molar-refractivity contribution in [3.8, 4) is 0 Å². The van der Waals surface area contributed by atoms with Crippen LogP contribution in [0.2, 0.25) is 0 Å². The largest absolute Gasteiger partial charge is 0.270 e. The van der Waals surface area contributed by atoms with Crippen molar-refractivity contribution in [3.63, 3.8) is 0 Å². The molecular weight excluding hydrogens is 179 g/mol. The summed E-state index contributed by atoms with van der Waals surface area (Å²) in [5, 5.41) is 0. The van der Waals surface area contributed by atoms with Gasteiger partial charge >= 0.3 is 0 Å². The maximum atomic E-state index is 5.18. The average molecular weight is 185 g/mol. The Morgan fingerprint density at radius 1 is 1.44 bits per heavy atom. The van der Waals surface area contributed by atoms with Crippen LogP contribution < -0.4 is 5.59 Å². The third-order valence-corrected chi connectivity index (χ3v) is 0.583. The summed E-state index contributed by atoms with van der Waals surface area (Å²) in [5.74, 6) is 1.81. The Balaban J connectivity index is 0.000000291. The molecule has 0 N–H and O–H groups in total. The lowest BCUT2D eigenvalue weighted by Gasteiger charge is -1.82. The number of halogens is 1. The molecule has 0 aliphatic rings. The van der Waals surface area contributed by atoms with Gasteiger partial charge in [0.2, 0.25) is 0 Å². The zero-order valence-electron chi connectivity index (χ0n) is 5.08. The molecule has 1 aromatic heterocycles. The summed E-state index contributed by atoms with van der Waals surface area (Å²) in [7, 11) is 5.18. The molecule has 0 aliphatic carbocycles. The number of hydrogen-bond donors (Lipinski definition) is 0. The van der Waals surface area contributed by atoms with Crippen molar-refractivity contribution in [2.75, 3.05) is 5.83 Å². The molecule has 0 amide bonds. The van der Waals surface area contributed by atoms with Crippen molar-refractivity contribution in [1.82, 2.24) is 9.97 Å². The van der Waals surface area contributed by atoms with Crippen molar-refractivity contribution in [3.05, 3.63) is 18.6 Å². The van der Waals surface area contributed by atoms with Crippen LogP contribution in [-0.4, -0.2) is 23.6 Å². The summed E-state index contributed by atoms with van der Waals surface area (Å²) < 4.78 is 0. The van der Waals surface area contributed by atoms with Gasteiger partial charge in [0.05, 0.1) is 0 Å². The van der Waals surface area contributed by atoms with E-state index in [0.717, 1.165) is 0 Å². The van der Waals surface area contributed by atoms with Crippen LogP contribution in [-0.2, 0) is 0 Å². The number of rotatable bonds is 0. The van der Waals surface area contributed by atoms with Crippen molar-refractivity contribution < 1.29 is 0 Å². The molecule has 46 valence electrons. The van der Waals surface area contributed by atoms with Gasteiger partial charge in [-0.3, -0.25) is 9.97 Å². The fourth-order valence-electron chi connectivity index (χ4n) is 0.311. The third-order valence-electron chi connectivity index (χ3n) is 0.583. The van der Waals surface area contributed by atoms with Gasteiger partial charge in [0.1, 0.15) is 7.85 Å². The first-order valence-electron chi connectivity index (χ1n) is 2.29. The Kier molecular flexibility index (Phi) is 5.52. The minimum atomic E-state index is 0.461. The SMILES string of the molecule is CBr.[B]c1cnccn1. The second-order valence-corrected chi connectivity index (χ2v) is 1.13. The Hall–Kier alpha value is -0.375. The highest BCUT2D eigenvalue weighted by atomic mass is 79.9. The Morgan fingerprint density at radius 2 is 2.11 bits per heavy atom. The summed E-state index contributed by atoms with van der Waals surface area (Å²) in [6.07, 6.45) is 4.63. The molecule has 0 saturated heterocycles. The lowest BCUT2D eigenvalue weighted by Crippen LogP contribution is -2.06. The van der Waals surface area contributed by atoms with Crippen molar-refractivity contribution >= 4 is 29.4 Å². The van der Waals surface area contributed by atoms with E-state index in [4.69, 9.17) is 7.85 Å². The molecule has 4 heteroatoms. The van der Waals surface area contributed by atoms with Gasteiger partial charge in [-0.15, -0.1) is 0 Å². The number of alkyl halides is 1. The second kappa shape index (κ2) is 5.76. The fraction of sp³-hybridized carbons (Fsp3) is 0.200. The molecule has 1 heterocycles. The van der Waals surface area contributed by atoms with Crippen LogP contribution in [0.1, 0.15) is 0 Å². The zero-order chi connectivity index (χ0) is 7.11. The quantitative estimate of drug-likeness (QED) is 0.428. The van der Waals surface area contributed by atoms with Gasteiger partial charge in [-0.05, 0) is 5.83 Å². The molecule has 0 aromatic carbocycles. The number of hydrogen-bond acceptors (Lipinski definition) is 2. The van der Waals surface area contributed by atoms with E-state index in [9.17, 15) is 0 Å². The third kappa shape index (κ3) is 4.15. The van der Waals surface area contributed by atoms with Gasteiger partial charge in [0.15, 0.2) is 0 Å². The molecule has 1 rings (SSSR count). The summed E-state index contributed by atoms with van der Waals surface area (Å²) in [4.78, 5) is 7.39. The average Bonchev–Trinajstić information content (AvgIpc) is 1.94.